The van der Waals surface area contributed by atoms with Crippen molar-refractivity contribution in [3.05, 3.63) is 23.8 Å². The average molecular weight is 295 g/mol. The number of furan rings is 1. The van der Waals surface area contributed by atoms with Gasteiger partial charge in [0, 0.05) is 11.8 Å². The van der Waals surface area contributed by atoms with E-state index in [9.17, 15) is 8.42 Å². The highest BCUT2D eigenvalue weighted by Crippen LogP contribution is 2.32. The van der Waals surface area contributed by atoms with E-state index in [1.807, 2.05) is 19.9 Å². The normalized spacial score (nSPS) is 21.4. The van der Waals surface area contributed by atoms with Crippen LogP contribution in [-0.4, -0.2) is 29.7 Å². The van der Waals surface area contributed by atoms with Gasteiger partial charge in [-0.3, -0.25) is 4.68 Å². The minimum absolute atomic E-state index is 0.121. The molecule has 0 spiro atoms. The standard InChI is InChI=1S/C13H17N3O3S/c1-8-5-11(9(2)19-8)13-12(14)6-16(15-13)10-3-4-20(17,18)7-10/h5-6,10H,3-4,7,14H2,1-2H3. The number of aryl methyl sites for hydroxylation is 2. The van der Waals surface area contributed by atoms with Gasteiger partial charge in [0.25, 0.3) is 0 Å². The molecule has 3 rings (SSSR count). The van der Waals surface area contributed by atoms with E-state index in [-0.39, 0.29) is 17.5 Å². The van der Waals surface area contributed by atoms with Gasteiger partial charge in [-0.05, 0) is 26.3 Å². The Morgan fingerprint density at radius 3 is 2.75 bits per heavy atom. The molecule has 2 aromatic heterocycles. The lowest BCUT2D eigenvalue weighted by atomic mass is 10.1. The Hall–Kier alpha value is -1.76. The molecule has 0 amide bonds. The second-order valence-corrected chi connectivity index (χ2v) is 7.53. The number of rotatable bonds is 2. The van der Waals surface area contributed by atoms with Gasteiger partial charge in [0.05, 0.1) is 23.2 Å². The first-order valence-corrected chi connectivity index (χ1v) is 8.30. The SMILES string of the molecule is Cc1cc(-c2nn(C3CCS(=O)(=O)C3)cc2N)c(C)o1. The third-order valence-corrected chi connectivity index (χ3v) is 5.39. The summed E-state index contributed by atoms with van der Waals surface area (Å²) >= 11 is 0. The Morgan fingerprint density at radius 1 is 1.45 bits per heavy atom. The van der Waals surface area contributed by atoms with Crippen molar-refractivity contribution in [2.75, 3.05) is 17.2 Å². The summed E-state index contributed by atoms with van der Waals surface area (Å²) in [5.41, 5.74) is 8.07. The molecule has 6 nitrogen and oxygen atoms in total. The number of hydrogen-bond acceptors (Lipinski definition) is 5. The monoisotopic (exact) mass is 295 g/mol. The van der Waals surface area contributed by atoms with Crippen molar-refractivity contribution >= 4 is 15.5 Å². The van der Waals surface area contributed by atoms with Gasteiger partial charge in [-0.2, -0.15) is 5.10 Å². The Labute approximate surface area is 117 Å². The lowest BCUT2D eigenvalue weighted by Crippen LogP contribution is -2.11. The summed E-state index contributed by atoms with van der Waals surface area (Å²) in [6.07, 6.45) is 2.30. The van der Waals surface area contributed by atoms with Crippen molar-refractivity contribution < 1.29 is 12.8 Å². The van der Waals surface area contributed by atoms with Gasteiger partial charge in [-0.25, -0.2) is 8.42 Å². The number of nitrogens with zero attached hydrogens (tertiary/aromatic N) is 2. The molecule has 7 heteroatoms. The molecule has 108 valence electrons. The smallest absolute Gasteiger partial charge is 0.152 e. The molecule has 0 aromatic carbocycles. The van der Waals surface area contributed by atoms with Gasteiger partial charge in [0.2, 0.25) is 0 Å². The van der Waals surface area contributed by atoms with Crippen molar-refractivity contribution in [2.45, 2.75) is 26.3 Å². The van der Waals surface area contributed by atoms with Gasteiger partial charge in [0.1, 0.15) is 17.2 Å². The van der Waals surface area contributed by atoms with Crippen molar-refractivity contribution in [3.8, 4) is 11.3 Å². The lowest BCUT2D eigenvalue weighted by molar-refractivity contribution is 0.498. The van der Waals surface area contributed by atoms with Gasteiger partial charge in [0.15, 0.2) is 9.84 Å². The summed E-state index contributed by atoms with van der Waals surface area (Å²) < 4.78 is 30.3. The molecule has 1 atom stereocenters. The van der Waals surface area contributed by atoms with Crippen molar-refractivity contribution in [1.82, 2.24) is 9.78 Å². The number of anilines is 1. The van der Waals surface area contributed by atoms with Gasteiger partial charge >= 0.3 is 0 Å². The molecule has 2 N–H and O–H groups in total. The van der Waals surface area contributed by atoms with Crippen LogP contribution in [0.5, 0.6) is 0 Å². The minimum Gasteiger partial charge on any atom is -0.466 e. The third kappa shape index (κ3) is 2.22. The van der Waals surface area contributed by atoms with Crippen molar-refractivity contribution in [1.29, 1.82) is 0 Å². The highest BCUT2D eigenvalue weighted by molar-refractivity contribution is 7.91. The predicted molar refractivity (Wildman–Crippen MR) is 76.1 cm³/mol. The number of sulfone groups is 1. The fraction of sp³-hybridized carbons (Fsp3) is 0.462. The van der Waals surface area contributed by atoms with Crippen LogP contribution in [-0.2, 0) is 9.84 Å². The first-order chi connectivity index (χ1) is 9.35. The zero-order chi connectivity index (χ0) is 14.5. The van der Waals surface area contributed by atoms with Crippen molar-refractivity contribution in [3.63, 3.8) is 0 Å². The van der Waals surface area contributed by atoms with E-state index in [1.165, 1.54) is 0 Å². The Kier molecular flexibility index (Phi) is 2.89. The Bertz CT molecular complexity index is 758. The molecular weight excluding hydrogens is 278 g/mol. The molecular formula is C13H17N3O3S. The summed E-state index contributed by atoms with van der Waals surface area (Å²) in [6.45, 7) is 3.73. The zero-order valence-electron chi connectivity index (χ0n) is 11.5. The maximum Gasteiger partial charge on any atom is 0.152 e. The summed E-state index contributed by atoms with van der Waals surface area (Å²) in [7, 11) is -2.94. The van der Waals surface area contributed by atoms with Gasteiger partial charge in [-0.1, -0.05) is 0 Å². The molecule has 0 aliphatic carbocycles. The van der Waals surface area contributed by atoms with Crippen LogP contribution < -0.4 is 5.73 Å². The van der Waals surface area contributed by atoms with Crippen LogP contribution in [0, 0.1) is 13.8 Å². The number of aromatic nitrogens is 2. The van der Waals surface area contributed by atoms with Crippen LogP contribution in [0.4, 0.5) is 5.69 Å². The van der Waals surface area contributed by atoms with E-state index in [2.05, 4.69) is 5.10 Å². The quantitative estimate of drug-likeness (QED) is 0.910. The molecule has 0 radical (unpaired) electrons. The van der Waals surface area contributed by atoms with Crippen LogP contribution >= 0.6 is 0 Å². The Balaban J connectivity index is 1.98. The summed E-state index contributed by atoms with van der Waals surface area (Å²) in [5, 5.41) is 4.47. The second kappa shape index (κ2) is 4.37. The topological polar surface area (TPSA) is 91.1 Å². The molecule has 2 aromatic rings. The summed E-state index contributed by atoms with van der Waals surface area (Å²) in [4.78, 5) is 0. The molecule has 0 bridgehead atoms. The minimum atomic E-state index is -2.94. The zero-order valence-corrected chi connectivity index (χ0v) is 12.3. The average Bonchev–Trinajstić information content (AvgIpc) is 2.97. The fourth-order valence-corrected chi connectivity index (χ4v) is 4.36. The van der Waals surface area contributed by atoms with Crippen LogP contribution in [0.25, 0.3) is 11.3 Å². The molecule has 0 saturated carbocycles. The number of hydrogen-bond donors (Lipinski definition) is 1. The summed E-state index contributed by atoms with van der Waals surface area (Å²) in [5.74, 6) is 1.92. The van der Waals surface area contributed by atoms with Crippen LogP contribution in [0.1, 0.15) is 24.0 Å². The van der Waals surface area contributed by atoms with E-state index < -0.39 is 9.84 Å². The molecule has 1 saturated heterocycles. The predicted octanol–water partition coefficient (Wildman–Crippen LogP) is 1.70. The molecule has 3 heterocycles. The number of nitrogens with two attached hydrogens (primary N) is 1. The van der Waals surface area contributed by atoms with Crippen molar-refractivity contribution in [2.24, 2.45) is 0 Å². The highest BCUT2D eigenvalue weighted by Gasteiger charge is 2.30. The van der Waals surface area contributed by atoms with Gasteiger partial charge < -0.3 is 10.2 Å². The van der Waals surface area contributed by atoms with E-state index in [0.717, 1.165) is 17.1 Å². The van der Waals surface area contributed by atoms with Crippen LogP contribution in [0.2, 0.25) is 0 Å². The maximum absolute atomic E-state index is 11.5. The largest absolute Gasteiger partial charge is 0.466 e. The second-order valence-electron chi connectivity index (χ2n) is 5.30. The van der Waals surface area contributed by atoms with E-state index in [4.69, 9.17) is 10.2 Å². The van der Waals surface area contributed by atoms with Crippen LogP contribution in [0.3, 0.4) is 0 Å². The van der Waals surface area contributed by atoms with E-state index in [0.29, 0.717) is 17.8 Å². The maximum atomic E-state index is 11.5. The number of nitrogen functional groups attached to an aromatic ring is 1. The lowest BCUT2D eigenvalue weighted by Gasteiger charge is -2.07. The first-order valence-electron chi connectivity index (χ1n) is 6.48. The summed E-state index contributed by atoms with van der Waals surface area (Å²) in [6, 6.07) is 1.77. The van der Waals surface area contributed by atoms with E-state index in [1.54, 1.807) is 10.9 Å². The first kappa shape index (κ1) is 13.2. The molecule has 1 aliphatic rings. The van der Waals surface area contributed by atoms with E-state index >= 15 is 0 Å². The molecule has 1 aliphatic heterocycles. The highest BCUT2D eigenvalue weighted by atomic mass is 32.2. The van der Waals surface area contributed by atoms with Gasteiger partial charge in [-0.15, -0.1) is 0 Å². The molecule has 1 fully saturated rings. The third-order valence-electron chi connectivity index (χ3n) is 3.64. The Morgan fingerprint density at radius 2 is 2.20 bits per heavy atom. The molecule has 1 unspecified atom stereocenters. The molecule has 20 heavy (non-hydrogen) atoms. The fourth-order valence-electron chi connectivity index (χ4n) is 2.65. The van der Waals surface area contributed by atoms with Crippen LogP contribution in [0.15, 0.2) is 16.7 Å².